The zero-order chi connectivity index (χ0) is 13.5. The molecular formula is C12H16N4O2. The number of aryl methyl sites for hydroxylation is 1. The van der Waals surface area contributed by atoms with Crippen LogP contribution in [0.25, 0.3) is 5.57 Å². The molecule has 0 spiro atoms. The Labute approximate surface area is 106 Å². The molecule has 0 fully saturated rings. The van der Waals surface area contributed by atoms with Crippen LogP contribution in [0.4, 0.5) is 0 Å². The Morgan fingerprint density at radius 3 is 2.83 bits per heavy atom. The van der Waals surface area contributed by atoms with Crippen molar-refractivity contribution in [3.8, 4) is 0 Å². The summed E-state index contributed by atoms with van der Waals surface area (Å²) in [4.78, 5) is 23.7. The first kappa shape index (κ1) is 13.8. The van der Waals surface area contributed by atoms with Crippen LogP contribution in [0.3, 0.4) is 0 Å². The van der Waals surface area contributed by atoms with Crippen LogP contribution in [-0.2, 0) is 4.74 Å². The molecule has 0 aliphatic heterocycles. The molecule has 0 saturated heterocycles. The van der Waals surface area contributed by atoms with Crippen LogP contribution in [0.1, 0.15) is 28.8 Å². The molecule has 6 nitrogen and oxygen atoms in total. The Kier molecular flexibility index (Phi) is 4.98. The van der Waals surface area contributed by atoms with Crippen LogP contribution in [0, 0.1) is 6.92 Å². The number of hydrogen-bond donors (Lipinski definition) is 1. The lowest BCUT2D eigenvalue weighted by Gasteiger charge is -2.06. The first-order valence-electron chi connectivity index (χ1n) is 5.49. The number of carbonyl (C=O) groups excluding carboxylic acids is 1. The maximum Gasteiger partial charge on any atom is 0.341 e. The van der Waals surface area contributed by atoms with Crippen molar-refractivity contribution < 1.29 is 9.53 Å². The third kappa shape index (κ3) is 3.13. The highest BCUT2D eigenvalue weighted by molar-refractivity contribution is 6.08. The first-order chi connectivity index (χ1) is 8.63. The fourth-order valence-electron chi connectivity index (χ4n) is 1.33. The molecule has 1 aromatic rings. The highest BCUT2D eigenvalue weighted by atomic mass is 16.5. The Morgan fingerprint density at radius 2 is 2.33 bits per heavy atom. The summed E-state index contributed by atoms with van der Waals surface area (Å²) in [6, 6.07) is 0. The van der Waals surface area contributed by atoms with Crippen molar-refractivity contribution in [1.29, 1.82) is 0 Å². The summed E-state index contributed by atoms with van der Waals surface area (Å²) < 4.78 is 4.90. The van der Waals surface area contributed by atoms with Crippen molar-refractivity contribution in [2.75, 3.05) is 13.7 Å². The van der Waals surface area contributed by atoms with Crippen LogP contribution < -0.4 is 5.73 Å². The lowest BCUT2D eigenvalue weighted by atomic mass is 10.2. The fourth-order valence-corrected chi connectivity index (χ4v) is 1.33. The van der Waals surface area contributed by atoms with Gasteiger partial charge in [0.1, 0.15) is 0 Å². The number of aliphatic imine (C=N–C) groups is 1. The zero-order valence-electron chi connectivity index (χ0n) is 10.7. The maximum absolute atomic E-state index is 11.6. The van der Waals surface area contributed by atoms with Gasteiger partial charge in [0.15, 0.2) is 5.82 Å². The highest BCUT2D eigenvalue weighted by Gasteiger charge is 2.13. The van der Waals surface area contributed by atoms with E-state index in [4.69, 9.17) is 10.5 Å². The largest absolute Gasteiger partial charge is 0.462 e. The number of hydrogen-bond acceptors (Lipinski definition) is 6. The third-order valence-electron chi connectivity index (χ3n) is 2.18. The number of nitrogens with two attached hydrogens (primary N) is 1. The second-order valence-corrected chi connectivity index (χ2v) is 3.42. The van der Waals surface area contributed by atoms with Gasteiger partial charge in [-0.15, -0.1) is 0 Å². The predicted molar refractivity (Wildman–Crippen MR) is 69.3 cm³/mol. The van der Waals surface area contributed by atoms with Gasteiger partial charge in [-0.2, -0.15) is 0 Å². The Hall–Kier alpha value is -2.24. The fraction of sp³-hybridized carbons (Fsp3) is 0.333. The van der Waals surface area contributed by atoms with E-state index in [0.717, 1.165) is 0 Å². The summed E-state index contributed by atoms with van der Waals surface area (Å²) in [7, 11) is 1.63. The average molecular weight is 248 g/mol. The van der Waals surface area contributed by atoms with Crippen LogP contribution in [0.15, 0.2) is 17.4 Å². The molecule has 96 valence electrons. The Morgan fingerprint density at radius 1 is 1.61 bits per heavy atom. The second kappa shape index (κ2) is 6.48. The SMILES string of the molecule is CCOC(=O)c1cnc(C(C=NC)=CN)nc1C. The normalized spacial score (nSPS) is 11.8. The smallest absolute Gasteiger partial charge is 0.341 e. The van der Waals surface area contributed by atoms with Gasteiger partial charge in [0.2, 0.25) is 0 Å². The molecule has 0 aromatic carbocycles. The Bertz CT molecular complexity index is 495. The number of aromatic nitrogens is 2. The molecule has 0 bridgehead atoms. The van der Waals surface area contributed by atoms with Crippen molar-refractivity contribution in [2.45, 2.75) is 13.8 Å². The standard InChI is InChI=1S/C12H16N4O2/c1-4-18-12(17)10-7-15-11(16-8(10)2)9(5-13)6-14-3/h5-7H,4,13H2,1-3H3. The molecular weight excluding hydrogens is 232 g/mol. The molecule has 0 saturated carbocycles. The molecule has 1 rings (SSSR count). The minimum atomic E-state index is -0.427. The summed E-state index contributed by atoms with van der Waals surface area (Å²) in [5.41, 5.74) is 6.95. The number of nitrogens with zero attached hydrogens (tertiary/aromatic N) is 3. The third-order valence-corrected chi connectivity index (χ3v) is 2.18. The summed E-state index contributed by atoms with van der Waals surface area (Å²) >= 11 is 0. The number of carbonyl (C=O) groups is 1. The summed E-state index contributed by atoms with van der Waals surface area (Å²) in [6.45, 7) is 3.78. The maximum atomic E-state index is 11.6. The molecule has 0 aliphatic rings. The van der Waals surface area contributed by atoms with Crippen LogP contribution >= 0.6 is 0 Å². The van der Waals surface area contributed by atoms with E-state index in [0.29, 0.717) is 29.3 Å². The predicted octanol–water partition coefficient (Wildman–Crippen LogP) is 0.962. The number of esters is 1. The van der Waals surface area contributed by atoms with Crippen molar-refractivity contribution in [3.05, 3.63) is 29.5 Å². The van der Waals surface area contributed by atoms with Gasteiger partial charge in [-0.3, -0.25) is 4.99 Å². The van der Waals surface area contributed by atoms with Gasteiger partial charge in [0.25, 0.3) is 0 Å². The van der Waals surface area contributed by atoms with E-state index in [1.165, 1.54) is 12.4 Å². The molecule has 1 heterocycles. The van der Waals surface area contributed by atoms with E-state index in [1.807, 2.05) is 0 Å². The number of rotatable bonds is 4. The number of ether oxygens (including phenoxy) is 1. The van der Waals surface area contributed by atoms with E-state index in [9.17, 15) is 4.79 Å². The van der Waals surface area contributed by atoms with Crippen LogP contribution in [0.2, 0.25) is 0 Å². The van der Waals surface area contributed by atoms with Gasteiger partial charge in [0, 0.05) is 25.7 Å². The lowest BCUT2D eigenvalue weighted by Crippen LogP contribution is -2.10. The summed E-state index contributed by atoms with van der Waals surface area (Å²) in [5, 5.41) is 0. The minimum absolute atomic E-state index is 0.316. The van der Waals surface area contributed by atoms with E-state index in [-0.39, 0.29) is 0 Å². The topological polar surface area (TPSA) is 90.5 Å². The average Bonchev–Trinajstić information content (AvgIpc) is 2.36. The van der Waals surface area contributed by atoms with E-state index in [2.05, 4.69) is 15.0 Å². The summed E-state index contributed by atoms with van der Waals surface area (Å²) in [6.07, 6.45) is 4.35. The quantitative estimate of drug-likeness (QED) is 0.633. The van der Waals surface area contributed by atoms with Crippen molar-refractivity contribution >= 4 is 17.8 Å². The Balaban J connectivity index is 3.09. The van der Waals surface area contributed by atoms with Gasteiger partial charge in [-0.1, -0.05) is 0 Å². The zero-order valence-corrected chi connectivity index (χ0v) is 10.7. The van der Waals surface area contributed by atoms with Gasteiger partial charge < -0.3 is 10.5 Å². The molecule has 0 atom stereocenters. The molecule has 0 amide bonds. The van der Waals surface area contributed by atoms with E-state index < -0.39 is 5.97 Å². The molecule has 2 N–H and O–H groups in total. The van der Waals surface area contributed by atoms with Gasteiger partial charge in [-0.25, -0.2) is 14.8 Å². The minimum Gasteiger partial charge on any atom is -0.462 e. The van der Waals surface area contributed by atoms with Crippen molar-refractivity contribution in [1.82, 2.24) is 9.97 Å². The second-order valence-electron chi connectivity index (χ2n) is 3.42. The van der Waals surface area contributed by atoms with Gasteiger partial charge >= 0.3 is 5.97 Å². The van der Waals surface area contributed by atoms with E-state index >= 15 is 0 Å². The molecule has 0 aliphatic carbocycles. The van der Waals surface area contributed by atoms with Gasteiger partial charge in [-0.05, 0) is 13.8 Å². The lowest BCUT2D eigenvalue weighted by molar-refractivity contribution is 0.0524. The monoisotopic (exact) mass is 248 g/mol. The summed E-state index contributed by atoms with van der Waals surface area (Å²) in [5.74, 6) is -0.00219. The van der Waals surface area contributed by atoms with Crippen LogP contribution in [-0.4, -0.2) is 35.8 Å². The van der Waals surface area contributed by atoms with Crippen LogP contribution in [0.5, 0.6) is 0 Å². The van der Waals surface area contributed by atoms with Crippen molar-refractivity contribution in [2.24, 2.45) is 10.7 Å². The number of allylic oxidation sites excluding steroid dienone is 1. The molecule has 1 aromatic heterocycles. The highest BCUT2D eigenvalue weighted by Crippen LogP contribution is 2.10. The van der Waals surface area contributed by atoms with E-state index in [1.54, 1.807) is 27.1 Å². The van der Waals surface area contributed by atoms with Crippen molar-refractivity contribution in [3.63, 3.8) is 0 Å². The molecule has 18 heavy (non-hydrogen) atoms. The molecule has 6 heteroatoms. The molecule has 0 radical (unpaired) electrons. The van der Waals surface area contributed by atoms with Gasteiger partial charge in [0.05, 0.1) is 23.4 Å². The first-order valence-corrected chi connectivity index (χ1v) is 5.49. The molecule has 0 unspecified atom stereocenters.